The third-order valence-electron chi connectivity index (χ3n) is 5.25. The predicted molar refractivity (Wildman–Crippen MR) is 124 cm³/mol. The number of rotatable bonds is 5. The number of phenols is 1. The molecule has 0 aliphatic carbocycles. The van der Waals surface area contributed by atoms with Gasteiger partial charge >= 0.3 is 0 Å². The van der Waals surface area contributed by atoms with Crippen LogP contribution in [0.15, 0.2) is 36.4 Å². The number of benzene rings is 2. The van der Waals surface area contributed by atoms with Gasteiger partial charge in [0.1, 0.15) is 19.6 Å². The van der Waals surface area contributed by atoms with Crippen LogP contribution in [0.3, 0.4) is 0 Å². The second-order valence-electron chi connectivity index (χ2n) is 10.4. The summed E-state index contributed by atoms with van der Waals surface area (Å²) in [5, 5.41) is 15.4. The summed E-state index contributed by atoms with van der Waals surface area (Å²) in [4.78, 5) is 0. The van der Waals surface area contributed by atoms with Gasteiger partial charge in [0.15, 0.2) is 0 Å². The van der Waals surface area contributed by atoms with Gasteiger partial charge in [-0.15, -0.1) is 0 Å². The van der Waals surface area contributed by atoms with Crippen molar-refractivity contribution in [2.75, 3.05) is 18.6 Å². The van der Waals surface area contributed by atoms with Crippen molar-refractivity contribution < 1.29 is 9.84 Å². The van der Waals surface area contributed by atoms with Crippen molar-refractivity contribution in [3.63, 3.8) is 0 Å². The van der Waals surface area contributed by atoms with Crippen LogP contribution in [0.4, 0.5) is 5.69 Å². The molecule has 0 saturated heterocycles. The molecule has 28 heavy (non-hydrogen) atoms. The second kappa shape index (κ2) is 7.82. The molecule has 2 aromatic carbocycles. The number of nitrogens with one attached hydrogen (secondary N) is 1. The largest absolute Gasteiger partial charge is 0.507 e. The number of hydrogen-bond donors (Lipinski definition) is 2. The van der Waals surface area contributed by atoms with E-state index in [1.54, 1.807) is 0 Å². The Hall–Kier alpha value is -1.94. The lowest BCUT2D eigenvalue weighted by atomic mass is 9.79. The summed E-state index contributed by atoms with van der Waals surface area (Å²) >= 11 is 0. The van der Waals surface area contributed by atoms with Gasteiger partial charge in [0.05, 0.1) is 6.23 Å². The maximum atomic E-state index is 10.9. The number of aromatic hydroxyl groups is 1. The van der Waals surface area contributed by atoms with Crippen LogP contribution in [0.5, 0.6) is 11.5 Å². The summed E-state index contributed by atoms with van der Waals surface area (Å²) < 4.78 is 6.34. The summed E-state index contributed by atoms with van der Waals surface area (Å²) in [5.41, 5.74) is 2.69. The molecule has 154 valence electrons. The third kappa shape index (κ3) is 5.10. The number of hydrogen-bond acceptors (Lipinski definition) is 3. The SMILES string of the molecule is CNc1ccc([Si](C)(C)COc2cc(C(C)(C)C)c(O)c(C(C)(C)C)c2)cc1. The zero-order valence-electron chi connectivity index (χ0n) is 19.0. The molecule has 2 aromatic rings. The van der Waals surface area contributed by atoms with Gasteiger partial charge in [-0.3, -0.25) is 0 Å². The summed E-state index contributed by atoms with van der Waals surface area (Å²) in [7, 11) is 0.185. The van der Waals surface area contributed by atoms with Gasteiger partial charge in [-0.25, -0.2) is 0 Å². The molecule has 0 unspecified atom stereocenters. The van der Waals surface area contributed by atoms with E-state index in [1.165, 1.54) is 5.19 Å². The number of anilines is 1. The van der Waals surface area contributed by atoms with Gasteiger partial charge in [-0.05, 0) is 35.1 Å². The quantitative estimate of drug-likeness (QED) is 0.647. The van der Waals surface area contributed by atoms with Crippen molar-refractivity contribution in [3.8, 4) is 11.5 Å². The zero-order chi connectivity index (χ0) is 21.3. The van der Waals surface area contributed by atoms with Crippen LogP contribution in [-0.2, 0) is 10.8 Å². The first-order valence-corrected chi connectivity index (χ1v) is 13.3. The Kier molecular flexibility index (Phi) is 6.24. The van der Waals surface area contributed by atoms with Gasteiger partial charge < -0.3 is 15.2 Å². The minimum Gasteiger partial charge on any atom is -0.507 e. The first kappa shape index (κ1) is 22.3. The minimum atomic E-state index is -1.75. The van der Waals surface area contributed by atoms with Crippen molar-refractivity contribution in [3.05, 3.63) is 47.5 Å². The topological polar surface area (TPSA) is 41.5 Å². The highest BCUT2D eigenvalue weighted by atomic mass is 28.3. The van der Waals surface area contributed by atoms with E-state index in [4.69, 9.17) is 4.74 Å². The Morgan fingerprint density at radius 2 is 1.36 bits per heavy atom. The average Bonchev–Trinajstić information content (AvgIpc) is 2.59. The fourth-order valence-corrected chi connectivity index (χ4v) is 5.03. The normalized spacial score (nSPS) is 12.8. The Bertz CT molecular complexity index is 777. The van der Waals surface area contributed by atoms with Crippen molar-refractivity contribution in [1.82, 2.24) is 0 Å². The molecule has 0 fully saturated rings. The van der Waals surface area contributed by atoms with E-state index in [-0.39, 0.29) is 10.8 Å². The maximum Gasteiger partial charge on any atom is 0.124 e. The highest BCUT2D eigenvalue weighted by Crippen LogP contribution is 2.41. The van der Waals surface area contributed by atoms with Crippen molar-refractivity contribution in [2.24, 2.45) is 0 Å². The molecule has 4 heteroatoms. The van der Waals surface area contributed by atoms with Crippen LogP contribution in [0.25, 0.3) is 0 Å². The predicted octanol–water partition coefficient (Wildman–Crippen LogP) is 5.56. The molecule has 2 rings (SSSR count). The molecule has 2 N–H and O–H groups in total. The minimum absolute atomic E-state index is 0.153. The smallest absolute Gasteiger partial charge is 0.124 e. The molecule has 0 saturated carbocycles. The van der Waals surface area contributed by atoms with E-state index >= 15 is 0 Å². The summed E-state index contributed by atoms with van der Waals surface area (Å²) in [5.74, 6) is 1.24. The Morgan fingerprint density at radius 3 is 1.75 bits per heavy atom. The van der Waals surface area contributed by atoms with E-state index < -0.39 is 8.07 Å². The molecule has 0 radical (unpaired) electrons. The van der Waals surface area contributed by atoms with Crippen LogP contribution in [0.2, 0.25) is 13.1 Å². The fraction of sp³-hybridized carbons (Fsp3) is 0.500. The van der Waals surface area contributed by atoms with E-state index in [0.717, 1.165) is 22.6 Å². The van der Waals surface area contributed by atoms with Crippen molar-refractivity contribution in [1.29, 1.82) is 0 Å². The van der Waals surface area contributed by atoms with Crippen LogP contribution >= 0.6 is 0 Å². The summed E-state index contributed by atoms with van der Waals surface area (Å²) in [6.07, 6.45) is 0.698. The lowest BCUT2D eigenvalue weighted by Gasteiger charge is -2.29. The van der Waals surface area contributed by atoms with Crippen molar-refractivity contribution >= 4 is 18.9 Å². The molecule has 0 atom stereocenters. The molecule has 0 aliphatic heterocycles. The van der Waals surface area contributed by atoms with Gasteiger partial charge in [0, 0.05) is 23.9 Å². The Balaban J connectivity index is 2.34. The van der Waals surface area contributed by atoms with Gasteiger partial charge in [-0.1, -0.05) is 72.0 Å². The van der Waals surface area contributed by atoms with Gasteiger partial charge in [0.2, 0.25) is 0 Å². The second-order valence-corrected chi connectivity index (χ2v) is 15.0. The first-order valence-electron chi connectivity index (χ1n) is 10.0. The molecule has 3 nitrogen and oxygen atoms in total. The molecule has 0 spiro atoms. The van der Waals surface area contributed by atoms with E-state index in [2.05, 4.69) is 84.2 Å². The average molecular weight is 400 g/mol. The van der Waals surface area contributed by atoms with Crippen LogP contribution < -0.4 is 15.2 Å². The summed E-state index contributed by atoms with van der Waals surface area (Å²) in [6.45, 7) is 17.4. The van der Waals surface area contributed by atoms with E-state index in [1.807, 2.05) is 19.2 Å². The maximum absolute atomic E-state index is 10.9. The fourth-order valence-electron chi connectivity index (χ4n) is 3.27. The number of ether oxygens (including phenoxy) is 1. The third-order valence-corrected chi connectivity index (χ3v) is 8.02. The molecule has 0 aliphatic rings. The lowest BCUT2D eigenvalue weighted by molar-refractivity contribution is 0.369. The van der Waals surface area contributed by atoms with E-state index in [0.29, 0.717) is 12.0 Å². The molecular weight excluding hydrogens is 362 g/mol. The van der Waals surface area contributed by atoms with Gasteiger partial charge in [-0.2, -0.15) is 0 Å². The molecule has 0 bridgehead atoms. The highest BCUT2D eigenvalue weighted by molar-refractivity contribution is 6.89. The highest BCUT2D eigenvalue weighted by Gasteiger charge is 2.29. The Labute approximate surface area is 172 Å². The van der Waals surface area contributed by atoms with E-state index in [9.17, 15) is 5.11 Å². The Morgan fingerprint density at radius 1 is 0.893 bits per heavy atom. The van der Waals surface area contributed by atoms with Crippen molar-refractivity contribution in [2.45, 2.75) is 65.5 Å². The molecule has 0 aromatic heterocycles. The standard InChI is InChI=1S/C24H37NO2Si/c1-23(2,3)20-14-18(15-21(22(20)26)24(4,5)6)27-16-28(8,9)19-12-10-17(25-7)11-13-19/h10-15,25-26H,16H2,1-9H3. The number of phenolic OH excluding ortho intramolecular Hbond substituents is 1. The molecule has 0 heterocycles. The monoisotopic (exact) mass is 399 g/mol. The lowest BCUT2D eigenvalue weighted by Crippen LogP contribution is -2.47. The van der Waals surface area contributed by atoms with Crippen LogP contribution in [0, 0.1) is 0 Å². The summed E-state index contributed by atoms with van der Waals surface area (Å²) in [6, 6.07) is 12.7. The molecule has 0 amide bonds. The molecular formula is C24H37NO2Si. The zero-order valence-corrected chi connectivity index (χ0v) is 20.0. The van der Waals surface area contributed by atoms with Gasteiger partial charge in [0.25, 0.3) is 0 Å². The first-order chi connectivity index (χ1) is 12.8. The van der Waals surface area contributed by atoms with Crippen LogP contribution in [-0.4, -0.2) is 26.5 Å². The van der Waals surface area contributed by atoms with Crippen LogP contribution in [0.1, 0.15) is 52.7 Å².